The van der Waals surface area contributed by atoms with Gasteiger partial charge in [-0.2, -0.15) is 9.90 Å². The molecule has 2 unspecified atom stereocenters. The first kappa shape index (κ1) is 63.1. The molecule has 0 saturated heterocycles. The smallest absolute Gasteiger partial charge is 0.0195 e. The van der Waals surface area contributed by atoms with E-state index in [-0.39, 0.29) is 17.8 Å². The Hall–Kier alpha value is 1.02. The van der Waals surface area contributed by atoms with Crippen molar-refractivity contribution < 1.29 is 0 Å². The van der Waals surface area contributed by atoms with Gasteiger partial charge in [-0.25, -0.2) is 0 Å². The third-order valence-corrected chi connectivity index (χ3v) is 22.3. The van der Waals surface area contributed by atoms with E-state index in [1.807, 2.05) is 0 Å². The van der Waals surface area contributed by atoms with Crippen LogP contribution in [0.3, 0.4) is 0 Å². The van der Waals surface area contributed by atoms with Gasteiger partial charge in [-0.1, -0.05) is 219 Å². The molecule has 60 heavy (non-hydrogen) atoms. The van der Waals surface area contributed by atoms with Gasteiger partial charge in [0.05, 0.1) is 0 Å². The zero-order chi connectivity index (χ0) is 43.8. The quantitative estimate of drug-likeness (QED) is 0.0974. The van der Waals surface area contributed by atoms with Crippen molar-refractivity contribution in [2.45, 2.75) is 184 Å². The fourth-order valence-corrected chi connectivity index (χ4v) is 17.0. The summed E-state index contributed by atoms with van der Waals surface area (Å²) in [4.78, 5) is 0. The molecule has 352 valence electrons. The van der Waals surface area contributed by atoms with E-state index in [2.05, 4.69) is 139 Å². The molecule has 0 amide bonds. The topological polar surface area (TPSA) is 0 Å². The van der Waals surface area contributed by atoms with Gasteiger partial charge in [-0.3, -0.25) is 0 Å². The number of hydrogen-bond acceptors (Lipinski definition) is 0. The third kappa shape index (κ3) is 33.5. The number of unbranched alkanes of at least 4 members (excludes halogenated alkanes) is 3. The van der Waals surface area contributed by atoms with Crippen LogP contribution < -0.4 is 10.6 Å². The van der Waals surface area contributed by atoms with E-state index in [1.54, 1.807) is 25.7 Å². The van der Waals surface area contributed by atoms with Crippen LogP contribution in [0.4, 0.5) is 0 Å². The Bertz CT molecular complexity index is 1020. The van der Waals surface area contributed by atoms with E-state index >= 15 is 0 Å². The lowest BCUT2D eigenvalue weighted by Crippen LogP contribution is -2.27. The molecule has 2 saturated carbocycles. The van der Waals surface area contributed by atoms with Gasteiger partial charge in [0.25, 0.3) is 0 Å². The predicted molar refractivity (Wildman–Crippen MR) is 304 cm³/mol. The minimum absolute atomic E-state index is 0. The molecule has 0 aromatic heterocycles. The fourth-order valence-electron chi connectivity index (χ4n) is 8.77. The molecule has 2 aromatic rings. The number of rotatable bonds is 23. The SMILES string of the molecule is CCCCP(C)C.CCCCP(CC)CC.CCCCP(CCC)CCC.CCCP(c1ccccc1)c1ccccc1.P.PCCC(C1CCCCC1)C1CCCCC1. The molecule has 0 radical (unpaired) electrons. The van der Waals surface area contributed by atoms with Crippen molar-refractivity contribution in [1.82, 2.24) is 0 Å². The standard InChI is InChI=1S/C15H29P.C15H17P.C10H23P.C8H19P.C6H15P.H3P/c16-12-11-15(13-7-3-1-4-8-13)14-9-5-2-6-10-14;1-2-13-16(14-9-5-3-6-10-14)15-11-7-4-8-12-15;1-4-7-10-11(8-5-2)9-6-3;1-4-7-8-9(5-2)6-3;1-4-5-6-7(2)3;/h13-15H,1-12,16H2;3-12H,2,13H2,1H3;4-10H2,1-3H3;4-8H2,1-3H3;4-6H2,1-3H3;1H3. The lowest BCUT2D eigenvalue weighted by Gasteiger charge is -2.37. The van der Waals surface area contributed by atoms with Crippen LogP contribution in [0.1, 0.15) is 184 Å². The highest BCUT2D eigenvalue weighted by Gasteiger charge is 2.30. The molecular formula is C54H106P6. The van der Waals surface area contributed by atoms with Crippen LogP contribution >= 0.6 is 50.8 Å². The second kappa shape index (κ2) is 46.5. The van der Waals surface area contributed by atoms with E-state index in [9.17, 15) is 0 Å². The Kier molecular flexibility index (Phi) is 49.0. The maximum Gasteiger partial charge on any atom is -0.0195 e. The van der Waals surface area contributed by atoms with Crippen LogP contribution in [-0.2, 0) is 0 Å². The van der Waals surface area contributed by atoms with E-state index < -0.39 is 0 Å². The van der Waals surface area contributed by atoms with Crippen molar-refractivity contribution in [3.05, 3.63) is 60.7 Å². The summed E-state index contributed by atoms with van der Waals surface area (Å²) in [7, 11) is 4.08. The van der Waals surface area contributed by atoms with Gasteiger partial charge < -0.3 is 0 Å². The van der Waals surface area contributed by atoms with Crippen molar-refractivity contribution in [3.63, 3.8) is 0 Å². The monoisotopic (exact) mass is 941 g/mol. The molecule has 2 fully saturated rings. The lowest BCUT2D eigenvalue weighted by molar-refractivity contribution is 0.140. The first-order chi connectivity index (χ1) is 28.8. The fraction of sp³-hybridized carbons (Fsp3) is 0.778. The molecular weight excluding hydrogens is 834 g/mol. The second-order valence-corrected chi connectivity index (χ2v) is 28.8. The molecule has 0 nitrogen and oxygen atoms in total. The summed E-state index contributed by atoms with van der Waals surface area (Å²) >= 11 is 0. The molecule has 0 bridgehead atoms. The Balaban J connectivity index is 0. The summed E-state index contributed by atoms with van der Waals surface area (Å²) < 4.78 is 0. The molecule has 0 N–H and O–H groups in total. The summed E-state index contributed by atoms with van der Waals surface area (Å²) in [6, 6.07) is 21.8. The van der Waals surface area contributed by atoms with Gasteiger partial charge >= 0.3 is 0 Å². The zero-order valence-electron chi connectivity index (χ0n) is 42.1. The Morgan fingerprint density at radius 2 is 0.867 bits per heavy atom. The first-order valence-electron chi connectivity index (χ1n) is 25.5. The van der Waals surface area contributed by atoms with Gasteiger partial charge in [0.1, 0.15) is 0 Å². The highest BCUT2D eigenvalue weighted by atomic mass is 31.1. The normalized spacial score (nSPS) is 14.3. The molecule has 0 aliphatic heterocycles. The molecule has 2 aromatic carbocycles. The third-order valence-electron chi connectivity index (χ3n) is 12.2. The van der Waals surface area contributed by atoms with Crippen LogP contribution in [0, 0.1) is 17.8 Å². The lowest BCUT2D eigenvalue weighted by atomic mass is 9.68. The largest absolute Gasteiger partial charge is 0.153 e. The van der Waals surface area contributed by atoms with Crippen LogP contribution in [0.5, 0.6) is 0 Å². The predicted octanol–water partition coefficient (Wildman–Crippen LogP) is 18.5. The Labute approximate surface area is 390 Å². The van der Waals surface area contributed by atoms with Crippen molar-refractivity contribution >= 4 is 61.4 Å². The minimum atomic E-state index is -0.151. The van der Waals surface area contributed by atoms with Crippen LogP contribution in [0.15, 0.2) is 60.7 Å². The highest BCUT2D eigenvalue weighted by molar-refractivity contribution is 7.73. The van der Waals surface area contributed by atoms with Gasteiger partial charge in [0, 0.05) is 0 Å². The zero-order valence-corrected chi connectivity index (χ0v) is 48.2. The second-order valence-electron chi connectivity index (χ2n) is 17.6. The number of hydrogen-bond donors (Lipinski definition) is 0. The van der Waals surface area contributed by atoms with Gasteiger partial charge in [0.2, 0.25) is 0 Å². The van der Waals surface area contributed by atoms with Gasteiger partial charge in [-0.15, -0.1) is 33.0 Å². The summed E-state index contributed by atoms with van der Waals surface area (Å²) in [5, 5.41) is 2.98. The van der Waals surface area contributed by atoms with E-state index in [0.717, 1.165) is 17.8 Å². The summed E-state index contributed by atoms with van der Waals surface area (Å²) in [5.74, 6) is 3.27. The molecule has 2 aliphatic rings. The summed E-state index contributed by atoms with van der Waals surface area (Å²) in [5.41, 5.74) is 0. The van der Waals surface area contributed by atoms with Crippen LogP contribution in [0.2, 0.25) is 0 Å². The van der Waals surface area contributed by atoms with Crippen molar-refractivity contribution in [2.24, 2.45) is 17.8 Å². The average molecular weight is 941 g/mol. The molecule has 2 atom stereocenters. The highest BCUT2D eigenvalue weighted by Crippen LogP contribution is 2.42. The maximum absolute atomic E-state index is 2.96. The molecule has 2 aliphatic carbocycles. The van der Waals surface area contributed by atoms with Crippen molar-refractivity contribution in [1.29, 1.82) is 0 Å². The van der Waals surface area contributed by atoms with Gasteiger partial charge in [0.15, 0.2) is 0 Å². The summed E-state index contributed by atoms with van der Waals surface area (Å²) in [6.45, 7) is 23.0. The minimum Gasteiger partial charge on any atom is -0.153 e. The molecule has 0 spiro atoms. The maximum atomic E-state index is 2.96. The van der Waals surface area contributed by atoms with Crippen molar-refractivity contribution in [3.8, 4) is 0 Å². The van der Waals surface area contributed by atoms with Crippen LogP contribution in [0.25, 0.3) is 0 Å². The summed E-state index contributed by atoms with van der Waals surface area (Å²) in [6.07, 6.45) is 42.3. The molecule has 0 heterocycles. The van der Waals surface area contributed by atoms with Crippen LogP contribution in [-0.4, -0.2) is 68.8 Å². The van der Waals surface area contributed by atoms with E-state index in [0.29, 0.717) is 23.8 Å². The van der Waals surface area contributed by atoms with Crippen molar-refractivity contribution in [2.75, 3.05) is 68.8 Å². The molecule has 4 rings (SSSR count). The first-order valence-corrected chi connectivity index (χ1v) is 34.0. The van der Waals surface area contributed by atoms with E-state index in [4.69, 9.17) is 0 Å². The Morgan fingerprint density at radius 3 is 1.18 bits per heavy atom. The molecule has 6 heteroatoms. The Morgan fingerprint density at radius 1 is 0.483 bits per heavy atom. The van der Waals surface area contributed by atoms with Gasteiger partial charge in [-0.05, 0) is 131 Å². The number of benzene rings is 2. The average Bonchev–Trinajstić information content (AvgIpc) is 3.28. The van der Waals surface area contributed by atoms with E-state index in [1.165, 1.54) is 169 Å².